The molecule has 9 heteroatoms. The number of hydrogen-bond donors (Lipinski definition) is 1. The maximum absolute atomic E-state index is 12.9. The van der Waals surface area contributed by atoms with Crippen LogP contribution in [0.2, 0.25) is 5.02 Å². The Morgan fingerprint density at radius 3 is 2.66 bits per heavy atom. The molecule has 3 rings (SSSR count). The summed E-state index contributed by atoms with van der Waals surface area (Å²) in [6.07, 6.45) is 1.65. The van der Waals surface area contributed by atoms with Crippen LogP contribution in [0.1, 0.15) is 31.4 Å². The van der Waals surface area contributed by atoms with E-state index in [0.717, 1.165) is 22.9 Å². The van der Waals surface area contributed by atoms with E-state index in [4.69, 9.17) is 16.3 Å². The Kier molecular flexibility index (Phi) is 7.21. The van der Waals surface area contributed by atoms with Crippen molar-refractivity contribution in [3.05, 3.63) is 57.5 Å². The fourth-order valence-corrected chi connectivity index (χ4v) is 5.48. The van der Waals surface area contributed by atoms with Gasteiger partial charge in [-0.1, -0.05) is 39.7 Å². The lowest BCUT2D eigenvalue weighted by Gasteiger charge is -2.19. The van der Waals surface area contributed by atoms with E-state index in [-0.39, 0.29) is 29.2 Å². The fraction of sp³-hybridized carbons (Fsp3) is 0.350. The monoisotopic (exact) mass is 500 g/mol. The molecule has 1 saturated heterocycles. The van der Waals surface area contributed by atoms with Gasteiger partial charge in [0.2, 0.25) is 10.0 Å². The van der Waals surface area contributed by atoms with E-state index < -0.39 is 10.0 Å². The second-order valence-electron chi connectivity index (χ2n) is 6.84. The minimum absolute atomic E-state index is 0.0141. The molecule has 1 atom stereocenters. The Morgan fingerprint density at radius 1 is 1.24 bits per heavy atom. The Morgan fingerprint density at radius 2 is 1.97 bits per heavy atom. The third-order valence-electron chi connectivity index (χ3n) is 4.67. The number of ether oxygens (including phenoxy) is 1. The molecule has 1 N–H and O–H groups in total. The first-order valence-electron chi connectivity index (χ1n) is 9.25. The van der Waals surface area contributed by atoms with Crippen LogP contribution in [0.15, 0.2) is 51.8 Å². The zero-order chi connectivity index (χ0) is 21.0. The zero-order valence-corrected chi connectivity index (χ0v) is 19.1. The minimum atomic E-state index is -3.72. The number of sulfonamides is 1. The number of halogens is 2. The van der Waals surface area contributed by atoms with Crippen molar-refractivity contribution in [2.24, 2.45) is 0 Å². The Balaban J connectivity index is 1.69. The van der Waals surface area contributed by atoms with Gasteiger partial charge in [-0.2, -0.15) is 4.31 Å². The van der Waals surface area contributed by atoms with Gasteiger partial charge < -0.3 is 10.1 Å². The van der Waals surface area contributed by atoms with Crippen molar-refractivity contribution < 1.29 is 17.9 Å². The summed E-state index contributed by atoms with van der Waals surface area (Å²) in [7, 11) is -3.72. The molecule has 0 aliphatic carbocycles. The van der Waals surface area contributed by atoms with Crippen molar-refractivity contribution in [1.29, 1.82) is 0 Å². The number of nitrogens with one attached hydrogen (secondary N) is 1. The average Bonchev–Trinajstić information content (AvgIpc) is 3.22. The molecule has 0 bridgehead atoms. The Hall–Kier alpha value is -1.61. The summed E-state index contributed by atoms with van der Waals surface area (Å²) in [6.45, 7) is 2.51. The fourth-order valence-electron chi connectivity index (χ4n) is 3.16. The normalized spacial score (nSPS) is 15.8. The van der Waals surface area contributed by atoms with Crippen molar-refractivity contribution >= 4 is 43.5 Å². The maximum atomic E-state index is 12.9. The molecule has 0 radical (unpaired) electrons. The van der Waals surface area contributed by atoms with Crippen molar-refractivity contribution in [3.8, 4) is 5.75 Å². The molecule has 156 valence electrons. The van der Waals surface area contributed by atoms with Gasteiger partial charge >= 0.3 is 0 Å². The van der Waals surface area contributed by atoms with Gasteiger partial charge in [-0.15, -0.1) is 0 Å². The van der Waals surface area contributed by atoms with Crippen LogP contribution >= 0.6 is 27.5 Å². The van der Waals surface area contributed by atoms with Crippen LogP contribution in [0.25, 0.3) is 0 Å². The number of benzene rings is 2. The Labute approximate surface area is 184 Å². The highest BCUT2D eigenvalue weighted by Crippen LogP contribution is 2.31. The highest BCUT2D eigenvalue weighted by atomic mass is 79.9. The topological polar surface area (TPSA) is 75.7 Å². The summed E-state index contributed by atoms with van der Waals surface area (Å²) < 4.78 is 33.8. The second-order valence-corrected chi connectivity index (χ2v) is 10.1. The van der Waals surface area contributed by atoms with Crippen molar-refractivity contribution in [3.63, 3.8) is 0 Å². The van der Waals surface area contributed by atoms with Gasteiger partial charge in [0.05, 0.1) is 6.04 Å². The molecular weight excluding hydrogens is 480 g/mol. The summed E-state index contributed by atoms with van der Waals surface area (Å²) in [6, 6.07) is 11.8. The van der Waals surface area contributed by atoms with E-state index >= 15 is 0 Å². The molecule has 29 heavy (non-hydrogen) atoms. The standard InChI is InChI=1S/C20H22BrClN2O4S/c1-14(15-5-4-6-16(21)11-15)23-20(25)13-28-18-8-7-17(22)12-19(18)29(26,27)24-9-2-3-10-24/h4-8,11-12,14H,2-3,9-10,13H2,1H3,(H,23,25)/t14-/m1/s1. The van der Waals surface area contributed by atoms with Crippen molar-refractivity contribution in [1.82, 2.24) is 9.62 Å². The smallest absolute Gasteiger partial charge is 0.258 e. The average molecular weight is 502 g/mol. The highest BCUT2D eigenvalue weighted by Gasteiger charge is 2.30. The third kappa shape index (κ3) is 5.51. The molecule has 0 spiro atoms. The van der Waals surface area contributed by atoms with Gasteiger partial charge in [0.15, 0.2) is 6.61 Å². The van der Waals surface area contributed by atoms with Crippen LogP contribution in [0, 0.1) is 0 Å². The number of nitrogens with zero attached hydrogens (tertiary/aromatic N) is 1. The van der Waals surface area contributed by atoms with Crippen LogP contribution in [0.4, 0.5) is 0 Å². The van der Waals surface area contributed by atoms with Crippen LogP contribution in [-0.4, -0.2) is 38.3 Å². The Bertz CT molecular complexity index is 994. The molecule has 0 unspecified atom stereocenters. The largest absolute Gasteiger partial charge is 0.482 e. The molecule has 1 amide bonds. The number of amides is 1. The van der Waals surface area contributed by atoms with E-state index in [9.17, 15) is 13.2 Å². The quantitative estimate of drug-likeness (QED) is 0.619. The lowest BCUT2D eigenvalue weighted by atomic mass is 10.1. The summed E-state index contributed by atoms with van der Waals surface area (Å²) in [5.41, 5.74) is 0.941. The van der Waals surface area contributed by atoms with E-state index in [2.05, 4.69) is 21.2 Å². The van der Waals surface area contributed by atoms with Crippen molar-refractivity contribution in [2.75, 3.05) is 19.7 Å². The number of carbonyl (C=O) groups excluding carboxylic acids is 1. The summed E-state index contributed by atoms with van der Waals surface area (Å²) >= 11 is 9.43. The molecular formula is C20H22BrClN2O4S. The lowest BCUT2D eigenvalue weighted by molar-refractivity contribution is -0.123. The van der Waals surface area contributed by atoms with Crippen LogP contribution in [0.3, 0.4) is 0 Å². The summed E-state index contributed by atoms with van der Waals surface area (Å²) in [5.74, 6) is -0.233. The van der Waals surface area contributed by atoms with Gasteiger partial charge in [-0.05, 0) is 55.7 Å². The SMILES string of the molecule is C[C@@H](NC(=O)COc1ccc(Cl)cc1S(=O)(=O)N1CCCC1)c1cccc(Br)c1. The van der Waals surface area contributed by atoms with Gasteiger partial charge in [-0.25, -0.2) is 8.42 Å². The third-order valence-corrected chi connectivity index (χ3v) is 7.32. The first-order valence-corrected chi connectivity index (χ1v) is 11.9. The van der Waals surface area contributed by atoms with Crippen LogP contribution in [-0.2, 0) is 14.8 Å². The van der Waals surface area contributed by atoms with E-state index in [0.29, 0.717) is 18.1 Å². The summed E-state index contributed by atoms with van der Waals surface area (Å²) in [4.78, 5) is 12.3. The zero-order valence-electron chi connectivity index (χ0n) is 15.9. The molecule has 1 heterocycles. The molecule has 1 aliphatic heterocycles. The molecule has 6 nitrogen and oxygen atoms in total. The first-order chi connectivity index (χ1) is 13.8. The van der Waals surface area contributed by atoms with Gasteiger partial charge in [0.1, 0.15) is 10.6 Å². The molecule has 1 fully saturated rings. The van der Waals surface area contributed by atoms with Gasteiger partial charge in [0.25, 0.3) is 5.91 Å². The van der Waals surface area contributed by atoms with Gasteiger partial charge in [0, 0.05) is 22.6 Å². The van der Waals surface area contributed by atoms with E-state index in [1.807, 2.05) is 31.2 Å². The van der Waals surface area contributed by atoms with Crippen molar-refractivity contribution in [2.45, 2.75) is 30.7 Å². The molecule has 2 aromatic rings. The molecule has 1 aliphatic rings. The van der Waals surface area contributed by atoms with Gasteiger partial charge in [-0.3, -0.25) is 4.79 Å². The molecule has 0 saturated carbocycles. The summed E-state index contributed by atoms with van der Waals surface area (Å²) in [5, 5.41) is 3.14. The molecule has 0 aromatic heterocycles. The van der Waals surface area contributed by atoms with E-state index in [1.165, 1.54) is 16.4 Å². The van der Waals surface area contributed by atoms with E-state index in [1.54, 1.807) is 6.07 Å². The number of hydrogen-bond acceptors (Lipinski definition) is 4. The predicted molar refractivity (Wildman–Crippen MR) is 116 cm³/mol. The lowest BCUT2D eigenvalue weighted by Crippen LogP contribution is -2.32. The minimum Gasteiger partial charge on any atom is -0.482 e. The number of rotatable bonds is 7. The maximum Gasteiger partial charge on any atom is 0.258 e. The molecule has 2 aromatic carbocycles. The number of carbonyl (C=O) groups is 1. The van der Waals surface area contributed by atoms with Crippen LogP contribution in [0.5, 0.6) is 5.75 Å². The highest BCUT2D eigenvalue weighted by molar-refractivity contribution is 9.10. The van der Waals surface area contributed by atoms with Crippen LogP contribution < -0.4 is 10.1 Å². The predicted octanol–water partition coefficient (Wildman–Crippen LogP) is 4.14. The second kappa shape index (κ2) is 9.47. The first kappa shape index (κ1) is 22.1.